The lowest BCUT2D eigenvalue weighted by molar-refractivity contribution is 0.0655. The summed E-state index contributed by atoms with van der Waals surface area (Å²) in [4.78, 5) is 14.4. The molecule has 0 saturated carbocycles. The van der Waals surface area contributed by atoms with Crippen LogP contribution in [0.4, 0.5) is 0 Å². The number of hydrogen-bond donors (Lipinski definition) is 2. The van der Waals surface area contributed by atoms with E-state index in [1.807, 2.05) is 6.92 Å². The van der Waals surface area contributed by atoms with E-state index in [1.165, 1.54) is 18.2 Å². The van der Waals surface area contributed by atoms with Gasteiger partial charge in [-0.2, -0.15) is 0 Å². The number of piperazine rings is 1. The van der Waals surface area contributed by atoms with Gasteiger partial charge in [0.1, 0.15) is 0 Å². The van der Waals surface area contributed by atoms with Crippen LogP contribution in [0.3, 0.4) is 0 Å². The highest BCUT2D eigenvalue weighted by molar-refractivity contribution is 7.89. The molecule has 8 heteroatoms. The van der Waals surface area contributed by atoms with Gasteiger partial charge in [0.15, 0.2) is 0 Å². The molecule has 1 heterocycles. The van der Waals surface area contributed by atoms with E-state index in [9.17, 15) is 13.2 Å². The van der Waals surface area contributed by atoms with E-state index in [4.69, 9.17) is 0 Å². The molecule has 1 aliphatic rings. The Morgan fingerprint density at radius 1 is 1.43 bits per heavy atom. The zero-order valence-corrected chi connectivity index (χ0v) is 14.6. The van der Waals surface area contributed by atoms with E-state index in [2.05, 4.69) is 16.6 Å². The van der Waals surface area contributed by atoms with Gasteiger partial charge in [-0.05, 0) is 31.2 Å². The highest BCUT2D eigenvalue weighted by Crippen LogP contribution is 2.14. The van der Waals surface area contributed by atoms with Crippen LogP contribution in [-0.2, 0) is 10.0 Å². The Kier molecular flexibility index (Phi) is 7.21. The standard InChI is InChI=1S/C15H21N3O3S.ClH/c1-3-8-17-22(20,21)14-6-4-13(5-7-14)15(19)18-10-9-16-11-12(18)2;/h3-7,12,16-17H,1,8-11H2,2H3;1H/t12-;/m1./s1. The van der Waals surface area contributed by atoms with Crippen LogP contribution < -0.4 is 10.0 Å². The van der Waals surface area contributed by atoms with Crippen LogP contribution in [0.2, 0.25) is 0 Å². The number of halogens is 1. The molecular weight excluding hydrogens is 338 g/mol. The summed E-state index contributed by atoms with van der Waals surface area (Å²) >= 11 is 0. The van der Waals surface area contributed by atoms with Gasteiger partial charge in [0.2, 0.25) is 10.0 Å². The molecule has 1 aliphatic heterocycles. The molecule has 128 valence electrons. The molecule has 0 radical (unpaired) electrons. The average molecular weight is 360 g/mol. The second-order valence-corrected chi connectivity index (χ2v) is 6.98. The maximum Gasteiger partial charge on any atom is 0.254 e. The third-order valence-corrected chi connectivity index (χ3v) is 5.03. The van der Waals surface area contributed by atoms with Gasteiger partial charge in [-0.3, -0.25) is 4.79 Å². The van der Waals surface area contributed by atoms with Gasteiger partial charge < -0.3 is 10.2 Å². The molecule has 1 aromatic rings. The fraction of sp³-hybridized carbons (Fsp3) is 0.400. The third-order valence-electron chi connectivity index (χ3n) is 3.59. The number of sulfonamides is 1. The summed E-state index contributed by atoms with van der Waals surface area (Å²) in [6.07, 6.45) is 1.47. The summed E-state index contributed by atoms with van der Waals surface area (Å²) < 4.78 is 26.3. The molecule has 6 nitrogen and oxygen atoms in total. The molecule has 0 unspecified atom stereocenters. The number of carbonyl (C=O) groups is 1. The summed E-state index contributed by atoms with van der Waals surface area (Å²) in [7, 11) is -3.56. The number of carbonyl (C=O) groups excluding carboxylic acids is 1. The van der Waals surface area contributed by atoms with Crippen molar-refractivity contribution in [2.45, 2.75) is 17.9 Å². The fourth-order valence-electron chi connectivity index (χ4n) is 2.34. The second-order valence-electron chi connectivity index (χ2n) is 5.22. The summed E-state index contributed by atoms with van der Waals surface area (Å²) in [5, 5.41) is 3.23. The average Bonchev–Trinajstić information content (AvgIpc) is 2.53. The second kappa shape index (κ2) is 8.44. The lowest BCUT2D eigenvalue weighted by Crippen LogP contribution is -2.52. The highest BCUT2D eigenvalue weighted by atomic mass is 35.5. The van der Waals surface area contributed by atoms with Crippen molar-refractivity contribution in [3.05, 3.63) is 42.5 Å². The van der Waals surface area contributed by atoms with Gasteiger partial charge in [0, 0.05) is 37.8 Å². The van der Waals surface area contributed by atoms with Crippen molar-refractivity contribution in [2.75, 3.05) is 26.2 Å². The predicted octanol–water partition coefficient (Wildman–Crippen LogP) is 1.01. The summed E-state index contributed by atoms with van der Waals surface area (Å²) in [5.74, 6) is -0.0722. The summed E-state index contributed by atoms with van der Waals surface area (Å²) in [5.41, 5.74) is 0.497. The van der Waals surface area contributed by atoms with Crippen LogP contribution in [0, 0.1) is 0 Å². The van der Waals surface area contributed by atoms with Crippen LogP contribution in [0.15, 0.2) is 41.8 Å². The minimum Gasteiger partial charge on any atom is -0.333 e. The van der Waals surface area contributed by atoms with Gasteiger partial charge >= 0.3 is 0 Å². The van der Waals surface area contributed by atoms with E-state index < -0.39 is 10.0 Å². The first-order chi connectivity index (χ1) is 10.5. The molecule has 1 aromatic carbocycles. The van der Waals surface area contributed by atoms with Gasteiger partial charge in [0.05, 0.1) is 4.90 Å². The topological polar surface area (TPSA) is 78.5 Å². The lowest BCUT2D eigenvalue weighted by Gasteiger charge is -2.34. The molecule has 1 saturated heterocycles. The quantitative estimate of drug-likeness (QED) is 0.769. The first-order valence-corrected chi connectivity index (χ1v) is 8.66. The zero-order valence-electron chi connectivity index (χ0n) is 13.0. The van der Waals surface area contributed by atoms with Crippen LogP contribution in [-0.4, -0.2) is 51.4 Å². The van der Waals surface area contributed by atoms with Crippen LogP contribution in [0.25, 0.3) is 0 Å². The Morgan fingerprint density at radius 2 is 2.09 bits per heavy atom. The maximum atomic E-state index is 12.5. The molecule has 0 aromatic heterocycles. The predicted molar refractivity (Wildman–Crippen MR) is 92.4 cm³/mol. The van der Waals surface area contributed by atoms with Gasteiger partial charge in [0.25, 0.3) is 5.91 Å². The Labute approximate surface area is 143 Å². The molecule has 0 spiro atoms. The first kappa shape index (κ1) is 19.6. The molecule has 1 fully saturated rings. The molecule has 1 amide bonds. The third kappa shape index (κ3) is 4.78. The van der Waals surface area contributed by atoms with Crippen molar-refractivity contribution in [1.82, 2.24) is 14.9 Å². The number of nitrogens with zero attached hydrogens (tertiary/aromatic N) is 1. The van der Waals surface area contributed by atoms with Crippen LogP contribution in [0.1, 0.15) is 17.3 Å². The number of hydrogen-bond acceptors (Lipinski definition) is 4. The van der Waals surface area contributed by atoms with Gasteiger partial charge in [-0.25, -0.2) is 13.1 Å². The van der Waals surface area contributed by atoms with E-state index in [0.29, 0.717) is 12.1 Å². The number of rotatable bonds is 5. The van der Waals surface area contributed by atoms with Crippen molar-refractivity contribution in [3.8, 4) is 0 Å². The van der Waals surface area contributed by atoms with E-state index in [0.717, 1.165) is 13.1 Å². The minimum absolute atomic E-state index is 0. The molecule has 1 atom stereocenters. The van der Waals surface area contributed by atoms with Crippen molar-refractivity contribution < 1.29 is 13.2 Å². The monoisotopic (exact) mass is 359 g/mol. The molecule has 0 bridgehead atoms. The van der Waals surface area contributed by atoms with Crippen molar-refractivity contribution in [1.29, 1.82) is 0 Å². The number of benzene rings is 1. The first-order valence-electron chi connectivity index (χ1n) is 7.18. The Morgan fingerprint density at radius 3 is 2.65 bits per heavy atom. The normalized spacial score (nSPS) is 18.1. The highest BCUT2D eigenvalue weighted by Gasteiger charge is 2.24. The largest absolute Gasteiger partial charge is 0.333 e. The molecule has 2 N–H and O–H groups in total. The Bertz CT molecular complexity index is 646. The van der Waals surface area contributed by atoms with E-state index >= 15 is 0 Å². The molecule has 23 heavy (non-hydrogen) atoms. The Balaban J connectivity index is 0.00000264. The smallest absolute Gasteiger partial charge is 0.254 e. The summed E-state index contributed by atoms with van der Waals surface area (Å²) in [6.45, 7) is 7.82. The number of nitrogens with one attached hydrogen (secondary N) is 2. The fourth-order valence-corrected chi connectivity index (χ4v) is 3.34. The summed E-state index contributed by atoms with van der Waals surface area (Å²) in [6, 6.07) is 6.13. The SMILES string of the molecule is C=CCNS(=O)(=O)c1ccc(C(=O)N2CCNC[C@H]2C)cc1.Cl. The van der Waals surface area contributed by atoms with Crippen LogP contribution >= 0.6 is 12.4 Å². The maximum absolute atomic E-state index is 12.5. The molecule has 0 aliphatic carbocycles. The van der Waals surface area contributed by atoms with Crippen molar-refractivity contribution in [2.24, 2.45) is 0 Å². The lowest BCUT2D eigenvalue weighted by atomic mass is 10.1. The minimum atomic E-state index is -3.56. The molecule has 2 rings (SSSR count). The van der Waals surface area contributed by atoms with Crippen molar-refractivity contribution >= 4 is 28.3 Å². The van der Waals surface area contributed by atoms with Crippen molar-refractivity contribution in [3.63, 3.8) is 0 Å². The van der Waals surface area contributed by atoms with Gasteiger partial charge in [-0.1, -0.05) is 6.08 Å². The van der Waals surface area contributed by atoms with E-state index in [-0.39, 0.29) is 35.8 Å². The van der Waals surface area contributed by atoms with E-state index in [1.54, 1.807) is 17.0 Å². The Hall–Kier alpha value is -1.41. The molecular formula is C15H22ClN3O3S. The van der Waals surface area contributed by atoms with Crippen LogP contribution in [0.5, 0.6) is 0 Å². The number of amides is 1. The van der Waals surface area contributed by atoms with Gasteiger partial charge in [-0.15, -0.1) is 19.0 Å². The zero-order chi connectivity index (χ0) is 16.2.